The summed E-state index contributed by atoms with van der Waals surface area (Å²) in [7, 11) is 0. The highest BCUT2D eigenvalue weighted by Crippen LogP contribution is 2.24. The molecule has 2 rings (SSSR count). The molecule has 0 fully saturated rings. The summed E-state index contributed by atoms with van der Waals surface area (Å²) in [5, 5.41) is 13.5. The van der Waals surface area contributed by atoms with Crippen molar-refractivity contribution >= 4 is 11.5 Å². The Kier molecular flexibility index (Phi) is 2.75. The first-order chi connectivity index (χ1) is 7.18. The third-order valence-electron chi connectivity index (χ3n) is 2.15. The van der Waals surface area contributed by atoms with E-state index in [1.807, 2.05) is 0 Å². The van der Waals surface area contributed by atoms with Gasteiger partial charge in [-0.1, -0.05) is 16.6 Å². The maximum Gasteiger partial charge on any atom is 0.126 e. The van der Waals surface area contributed by atoms with Gasteiger partial charge in [-0.05, 0) is 35.6 Å². The van der Waals surface area contributed by atoms with Crippen molar-refractivity contribution in [3.63, 3.8) is 0 Å². The van der Waals surface area contributed by atoms with Crippen LogP contribution >= 0.6 is 11.5 Å². The van der Waals surface area contributed by atoms with E-state index in [4.69, 9.17) is 0 Å². The topological polar surface area (TPSA) is 46.0 Å². The van der Waals surface area contributed by atoms with E-state index in [0.29, 0.717) is 16.0 Å². The van der Waals surface area contributed by atoms with E-state index in [1.54, 1.807) is 19.1 Å². The highest BCUT2D eigenvalue weighted by molar-refractivity contribution is 7.05. The lowest BCUT2D eigenvalue weighted by molar-refractivity contribution is 0.223. The summed E-state index contributed by atoms with van der Waals surface area (Å²) in [4.78, 5) is 0.654. The van der Waals surface area contributed by atoms with Crippen molar-refractivity contribution in [1.82, 2.24) is 9.59 Å². The Morgan fingerprint density at radius 2 is 2.27 bits per heavy atom. The predicted octanol–water partition coefficient (Wildman–Crippen LogP) is 2.07. The van der Waals surface area contributed by atoms with Gasteiger partial charge in [0.25, 0.3) is 0 Å². The molecule has 2 aromatic rings. The Balaban J connectivity index is 2.34. The second-order valence-corrected chi connectivity index (χ2v) is 4.05. The molecule has 1 unspecified atom stereocenters. The second-order valence-electron chi connectivity index (χ2n) is 3.23. The van der Waals surface area contributed by atoms with Gasteiger partial charge in [-0.15, -0.1) is 5.10 Å². The largest absolute Gasteiger partial charge is 0.383 e. The van der Waals surface area contributed by atoms with E-state index < -0.39 is 6.10 Å². The molecule has 0 radical (unpaired) electrons. The number of benzene rings is 1. The maximum atomic E-state index is 13.0. The number of rotatable bonds is 2. The van der Waals surface area contributed by atoms with Crippen molar-refractivity contribution in [3.05, 3.63) is 46.2 Å². The van der Waals surface area contributed by atoms with E-state index in [-0.39, 0.29) is 5.82 Å². The lowest BCUT2D eigenvalue weighted by Crippen LogP contribution is -1.98. The quantitative estimate of drug-likeness (QED) is 0.849. The molecule has 0 saturated carbocycles. The highest BCUT2D eigenvalue weighted by Gasteiger charge is 2.13. The van der Waals surface area contributed by atoms with Gasteiger partial charge < -0.3 is 5.11 Å². The Morgan fingerprint density at radius 1 is 1.47 bits per heavy atom. The molecule has 5 heteroatoms. The summed E-state index contributed by atoms with van der Waals surface area (Å²) in [6.07, 6.45) is 0.734. The standard InChI is InChI=1S/C10H9FN2OS/c1-6-4-7(2-3-8(6)11)10(14)9-5-12-13-15-9/h2-5,10,14H,1H3. The van der Waals surface area contributed by atoms with Crippen LogP contribution in [0.25, 0.3) is 0 Å². The molecule has 0 amide bonds. The smallest absolute Gasteiger partial charge is 0.126 e. The molecule has 0 aliphatic heterocycles. The molecule has 1 N–H and O–H groups in total. The fourth-order valence-electron chi connectivity index (χ4n) is 1.30. The highest BCUT2D eigenvalue weighted by atomic mass is 32.1. The van der Waals surface area contributed by atoms with Gasteiger partial charge in [-0.2, -0.15) is 0 Å². The van der Waals surface area contributed by atoms with E-state index >= 15 is 0 Å². The molecule has 3 nitrogen and oxygen atoms in total. The fraction of sp³-hybridized carbons (Fsp3) is 0.200. The van der Waals surface area contributed by atoms with Crippen LogP contribution in [0.15, 0.2) is 24.4 Å². The normalized spacial score (nSPS) is 12.7. The zero-order chi connectivity index (χ0) is 10.8. The molecule has 15 heavy (non-hydrogen) atoms. The van der Waals surface area contributed by atoms with Crippen LogP contribution in [-0.2, 0) is 0 Å². The number of halogens is 1. The van der Waals surface area contributed by atoms with Crippen LogP contribution in [-0.4, -0.2) is 14.7 Å². The summed E-state index contributed by atoms with van der Waals surface area (Å²) in [6, 6.07) is 4.54. The fourth-order valence-corrected chi connectivity index (χ4v) is 1.82. The van der Waals surface area contributed by atoms with Crippen LogP contribution in [0.5, 0.6) is 0 Å². The molecular formula is C10H9FN2OS. The number of hydrogen-bond acceptors (Lipinski definition) is 4. The Hall–Kier alpha value is -1.33. The predicted molar refractivity (Wildman–Crippen MR) is 55.1 cm³/mol. The molecule has 78 valence electrons. The molecule has 1 aromatic heterocycles. The van der Waals surface area contributed by atoms with Crippen molar-refractivity contribution in [2.45, 2.75) is 13.0 Å². The monoisotopic (exact) mass is 224 g/mol. The third kappa shape index (κ3) is 2.03. The number of aromatic nitrogens is 2. The van der Waals surface area contributed by atoms with Crippen molar-refractivity contribution in [2.75, 3.05) is 0 Å². The van der Waals surface area contributed by atoms with E-state index in [0.717, 1.165) is 11.5 Å². The van der Waals surface area contributed by atoms with Crippen LogP contribution in [0.4, 0.5) is 4.39 Å². The van der Waals surface area contributed by atoms with Crippen LogP contribution in [0, 0.1) is 12.7 Å². The molecular weight excluding hydrogens is 215 g/mol. The van der Waals surface area contributed by atoms with Crippen LogP contribution in [0.3, 0.4) is 0 Å². The Labute approximate surface area is 90.4 Å². The Bertz CT molecular complexity index is 458. The van der Waals surface area contributed by atoms with Crippen LogP contribution in [0.1, 0.15) is 22.1 Å². The summed E-state index contributed by atoms with van der Waals surface area (Å²) in [5.74, 6) is -0.270. The lowest BCUT2D eigenvalue weighted by atomic mass is 10.1. The molecule has 1 atom stereocenters. The van der Waals surface area contributed by atoms with Crippen LogP contribution < -0.4 is 0 Å². The van der Waals surface area contributed by atoms with Crippen molar-refractivity contribution in [1.29, 1.82) is 0 Å². The summed E-state index contributed by atoms with van der Waals surface area (Å²) >= 11 is 1.13. The van der Waals surface area contributed by atoms with E-state index in [1.165, 1.54) is 12.3 Å². The van der Waals surface area contributed by atoms with E-state index in [2.05, 4.69) is 9.59 Å². The van der Waals surface area contributed by atoms with E-state index in [9.17, 15) is 9.50 Å². The van der Waals surface area contributed by atoms with Gasteiger partial charge in [0, 0.05) is 0 Å². The minimum atomic E-state index is -0.774. The molecule has 0 aliphatic rings. The Morgan fingerprint density at radius 3 is 2.87 bits per heavy atom. The van der Waals surface area contributed by atoms with Gasteiger partial charge in [-0.3, -0.25) is 0 Å². The first-order valence-electron chi connectivity index (χ1n) is 4.40. The second kappa shape index (κ2) is 4.04. The van der Waals surface area contributed by atoms with Crippen molar-refractivity contribution in [3.8, 4) is 0 Å². The molecule has 1 aromatic carbocycles. The molecule has 0 aliphatic carbocycles. The maximum absolute atomic E-state index is 13.0. The molecule has 0 bridgehead atoms. The number of aliphatic hydroxyl groups is 1. The first-order valence-corrected chi connectivity index (χ1v) is 5.17. The van der Waals surface area contributed by atoms with Gasteiger partial charge in [0.05, 0.1) is 11.1 Å². The molecule has 0 saturated heterocycles. The minimum absolute atomic E-state index is 0.270. The molecule has 1 heterocycles. The number of hydrogen-bond donors (Lipinski definition) is 1. The number of nitrogens with zero attached hydrogens (tertiary/aromatic N) is 2. The average Bonchev–Trinajstić information content (AvgIpc) is 2.74. The van der Waals surface area contributed by atoms with Gasteiger partial charge in [0.1, 0.15) is 11.9 Å². The van der Waals surface area contributed by atoms with Gasteiger partial charge in [0.15, 0.2) is 0 Å². The number of aliphatic hydroxyl groups excluding tert-OH is 1. The minimum Gasteiger partial charge on any atom is -0.383 e. The number of aryl methyl sites for hydroxylation is 1. The summed E-state index contributed by atoms with van der Waals surface area (Å²) in [5.41, 5.74) is 1.17. The SMILES string of the molecule is Cc1cc(C(O)c2cnns2)ccc1F. The van der Waals surface area contributed by atoms with Crippen LogP contribution in [0.2, 0.25) is 0 Å². The lowest BCUT2D eigenvalue weighted by Gasteiger charge is -2.08. The van der Waals surface area contributed by atoms with Gasteiger partial charge >= 0.3 is 0 Å². The van der Waals surface area contributed by atoms with Gasteiger partial charge in [-0.25, -0.2) is 4.39 Å². The zero-order valence-corrected chi connectivity index (χ0v) is 8.83. The molecule has 0 spiro atoms. The average molecular weight is 224 g/mol. The zero-order valence-electron chi connectivity index (χ0n) is 8.01. The first kappa shape index (κ1) is 10.2. The summed E-state index contributed by atoms with van der Waals surface area (Å²) in [6.45, 7) is 1.66. The summed E-state index contributed by atoms with van der Waals surface area (Å²) < 4.78 is 16.7. The van der Waals surface area contributed by atoms with Gasteiger partial charge in [0.2, 0.25) is 0 Å². The van der Waals surface area contributed by atoms with Crippen molar-refractivity contribution in [2.24, 2.45) is 0 Å². The third-order valence-corrected chi connectivity index (χ3v) is 2.86. The van der Waals surface area contributed by atoms with Crippen molar-refractivity contribution < 1.29 is 9.50 Å².